The van der Waals surface area contributed by atoms with E-state index in [2.05, 4.69) is 19.7 Å². The molecule has 0 saturated carbocycles. The van der Waals surface area contributed by atoms with E-state index in [-0.39, 0.29) is 11.4 Å². The first-order valence-electron chi connectivity index (χ1n) is 8.39. The van der Waals surface area contributed by atoms with Crippen LogP contribution in [-0.4, -0.2) is 23.4 Å². The zero-order valence-electron chi connectivity index (χ0n) is 14.9. The SMILES string of the molecule is Cc1nc(-c2ccc(S(=O)(=O)NCc3nccnc3-c3cccs3)cc2)co1. The lowest BCUT2D eigenvalue weighted by atomic mass is 10.2. The monoisotopic (exact) mass is 412 g/mol. The standard InChI is InChI=1S/C19H16N4O3S2/c1-13-23-17(12-26-13)14-4-6-15(7-5-14)28(24,25)22-11-16-19(21-9-8-20-16)18-3-2-10-27-18/h2-10,12,22H,11H2,1H3. The van der Waals surface area contributed by atoms with E-state index in [0.717, 1.165) is 10.4 Å². The Kier molecular flexibility index (Phi) is 5.03. The van der Waals surface area contributed by atoms with E-state index in [1.54, 1.807) is 43.6 Å². The van der Waals surface area contributed by atoms with Gasteiger partial charge in [0, 0.05) is 24.9 Å². The Balaban J connectivity index is 1.52. The van der Waals surface area contributed by atoms with Crippen LogP contribution in [0, 0.1) is 6.92 Å². The molecule has 4 rings (SSSR count). The molecule has 7 nitrogen and oxygen atoms in total. The summed E-state index contributed by atoms with van der Waals surface area (Å²) in [5.74, 6) is 0.555. The highest BCUT2D eigenvalue weighted by atomic mass is 32.2. The summed E-state index contributed by atoms with van der Waals surface area (Å²) in [5, 5.41) is 1.94. The van der Waals surface area contributed by atoms with Crippen molar-refractivity contribution in [3.8, 4) is 21.8 Å². The van der Waals surface area contributed by atoms with Crippen LogP contribution in [0.15, 0.2) is 69.7 Å². The molecule has 0 unspecified atom stereocenters. The molecule has 0 aliphatic rings. The molecule has 9 heteroatoms. The first-order valence-corrected chi connectivity index (χ1v) is 10.8. The lowest BCUT2D eigenvalue weighted by Crippen LogP contribution is -2.24. The molecule has 142 valence electrons. The molecule has 0 atom stereocenters. The summed E-state index contributed by atoms with van der Waals surface area (Å²) >= 11 is 1.53. The van der Waals surface area contributed by atoms with Gasteiger partial charge in [-0.05, 0) is 23.6 Å². The molecule has 4 aromatic rings. The molecule has 0 saturated heterocycles. The minimum Gasteiger partial charge on any atom is -0.449 e. The highest BCUT2D eigenvalue weighted by Crippen LogP contribution is 2.25. The summed E-state index contributed by atoms with van der Waals surface area (Å²) in [6, 6.07) is 10.3. The van der Waals surface area contributed by atoms with Gasteiger partial charge in [-0.1, -0.05) is 18.2 Å². The fraction of sp³-hybridized carbons (Fsp3) is 0.105. The van der Waals surface area contributed by atoms with E-state index >= 15 is 0 Å². The largest absolute Gasteiger partial charge is 0.449 e. The van der Waals surface area contributed by atoms with Gasteiger partial charge < -0.3 is 4.42 Å². The topological polar surface area (TPSA) is 98.0 Å². The Labute approximate surface area is 166 Å². The minimum absolute atomic E-state index is 0.0492. The predicted molar refractivity (Wildman–Crippen MR) is 106 cm³/mol. The van der Waals surface area contributed by atoms with E-state index in [1.807, 2.05) is 17.5 Å². The summed E-state index contributed by atoms with van der Waals surface area (Å²) in [4.78, 5) is 14.0. The van der Waals surface area contributed by atoms with Gasteiger partial charge in [0.05, 0.1) is 22.0 Å². The fourth-order valence-corrected chi connectivity index (χ4v) is 4.39. The van der Waals surface area contributed by atoms with Crippen molar-refractivity contribution in [2.45, 2.75) is 18.4 Å². The van der Waals surface area contributed by atoms with Crippen molar-refractivity contribution in [2.24, 2.45) is 0 Å². The lowest BCUT2D eigenvalue weighted by Gasteiger charge is -2.09. The second-order valence-corrected chi connectivity index (χ2v) is 8.64. The van der Waals surface area contributed by atoms with Gasteiger partial charge in [0.25, 0.3) is 0 Å². The number of benzene rings is 1. The maximum atomic E-state index is 12.7. The van der Waals surface area contributed by atoms with Crippen molar-refractivity contribution in [2.75, 3.05) is 0 Å². The lowest BCUT2D eigenvalue weighted by molar-refractivity contribution is 0.521. The van der Waals surface area contributed by atoms with Crippen LogP contribution in [0.1, 0.15) is 11.6 Å². The zero-order chi connectivity index (χ0) is 19.6. The molecule has 1 N–H and O–H groups in total. The second kappa shape index (κ2) is 7.63. The first kappa shape index (κ1) is 18.5. The highest BCUT2D eigenvalue weighted by Gasteiger charge is 2.17. The number of aryl methyl sites for hydroxylation is 1. The van der Waals surface area contributed by atoms with Crippen LogP contribution >= 0.6 is 11.3 Å². The van der Waals surface area contributed by atoms with Crippen molar-refractivity contribution >= 4 is 21.4 Å². The van der Waals surface area contributed by atoms with Gasteiger partial charge in [-0.15, -0.1) is 11.3 Å². The molecule has 0 bridgehead atoms. The van der Waals surface area contributed by atoms with Crippen molar-refractivity contribution < 1.29 is 12.8 Å². The van der Waals surface area contributed by atoms with Crippen molar-refractivity contribution in [3.05, 3.63) is 72.0 Å². The number of hydrogen-bond donors (Lipinski definition) is 1. The van der Waals surface area contributed by atoms with Crippen molar-refractivity contribution in [1.29, 1.82) is 0 Å². The summed E-state index contributed by atoms with van der Waals surface area (Å²) in [7, 11) is -3.70. The predicted octanol–water partition coefficient (Wildman–Crippen LogP) is 3.65. The van der Waals surface area contributed by atoms with Crippen LogP contribution in [0.25, 0.3) is 21.8 Å². The van der Waals surface area contributed by atoms with Crippen molar-refractivity contribution in [3.63, 3.8) is 0 Å². The van der Waals surface area contributed by atoms with E-state index in [9.17, 15) is 8.42 Å². The Morgan fingerprint density at radius 2 is 1.89 bits per heavy atom. The Morgan fingerprint density at radius 1 is 1.11 bits per heavy atom. The molecule has 0 aliphatic heterocycles. The molecule has 28 heavy (non-hydrogen) atoms. The third-order valence-electron chi connectivity index (χ3n) is 4.04. The average Bonchev–Trinajstić information content (AvgIpc) is 3.39. The number of nitrogens with one attached hydrogen (secondary N) is 1. The molecule has 0 radical (unpaired) electrons. The number of aromatic nitrogens is 3. The molecule has 0 amide bonds. The van der Waals surface area contributed by atoms with Crippen LogP contribution in [0.3, 0.4) is 0 Å². The maximum absolute atomic E-state index is 12.7. The summed E-state index contributed by atoms with van der Waals surface area (Å²) in [6.07, 6.45) is 4.68. The van der Waals surface area contributed by atoms with Crippen LogP contribution < -0.4 is 4.72 Å². The zero-order valence-corrected chi connectivity index (χ0v) is 16.5. The molecule has 3 aromatic heterocycles. The molecule has 3 heterocycles. The van der Waals surface area contributed by atoms with E-state index < -0.39 is 10.0 Å². The molecular formula is C19H16N4O3S2. The Hall–Kier alpha value is -2.88. The quantitative estimate of drug-likeness (QED) is 0.519. The van der Waals surface area contributed by atoms with Gasteiger partial charge in [0.1, 0.15) is 17.7 Å². The number of rotatable bonds is 6. The molecule has 1 aromatic carbocycles. The van der Waals surface area contributed by atoms with E-state index in [0.29, 0.717) is 23.0 Å². The van der Waals surface area contributed by atoms with Gasteiger partial charge >= 0.3 is 0 Å². The molecule has 0 aliphatic carbocycles. The normalized spacial score (nSPS) is 11.6. The van der Waals surface area contributed by atoms with Gasteiger partial charge in [0.2, 0.25) is 10.0 Å². The highest BCUT2D eigenvalue weighted by molar-refractivity contribution is 7.89. The Bertz CT molecular complexity index is 1180. The number of sulfonamides is 1. The molecular weight excluding hydrogens is 396 g/mol. The van der Waals surface area contributed by atoms with Gasteiger partial charge in [-0.25, -0.2) is 18.1 Å². The van der Waals surface area contributed by atoms with Crippen LogP contribution in [-0.2, 0) is 16.6 Å². The molecule has 0 spiro atoms. The number of hydrogen-bond acceptors (Lipinski definition) is 7. The Morgan fingerprint density at radius 3 is 2.57 bits per heavy atom. The number of nitrogens with zero attached hydrogens (tertiary/aromatic N) is 3. The van der Waals surface area contributed by atoms with Crippen LogP contribution in [0.5, 0.6) is 0 Å². The van der Waals surface area contributed by atoms with Gasteiger partial charge in [-0.2, -0.15) is 0 Å². The average molecular weight is 412 g/mol. The van der Waals surface area contributed by atoms with E-state index in [1.165, 1.54) is 17.6 Å². The smallest absolute Gasteiger partial charge is 0.240 e. The molecule has 0 fully saturated rings. The third kappa shape index (κ3) is 3.86. The van der Waals surface area contributed by atoms with Crippen LogP contribution in [0.2, 0.25) is 0 Å². The number of thiophene rings is 1. The van der Waals surface area contributed by atoms with E-state index in [4.69, 9.17) is 4.42 Å². The summed E-state index contributed by atoms with van der Waals surface area (Å²) in [6.45, 7) is 1.80. The first-order chi connectivity index (χ1) is 13.5. The minimum atomic E-state index is -3.70. The maximum Gasteiger partial charge on any atom is 0.240 e. The van der Waals surface area contributed by atoms with Gasteiger partial charge in [-0.3, -0.25) is 9.97 Å². The van der Waals surface area contributed by atoms with Crippen molar-refractivity contribution in [1.82, 2.24) is 19.7 Å². The third-order valence-corrected chi connectivity index (χ3v) is 6.33. The summed E-state index contributed by atoms with van der Waals surface area (Å²) in [5.41, 5.74) is 2.69. The fourth-order valence-electron chi connectivity index (χ4n) is 2.66. The summed E-state index contributed by atoms with van der Waals surface area (Å²) < 4.78 is 33.1. The van der Waals surface area contributed by atoms with Gasteiger partial charge in [0.15, 0.2) is 5.89 Å². The van der Waals surface area contributed by atoms with Crippen LogP contribution in [0.4, 0.5) is 0 Å². The second-order valence-electron chi connectivity index (χ2n) is 5.93. The number of oxazole rings is 1.